The van der Waals surface area contributed by atoms with E-state index in [1.165, 1.54) is 28.8 Å². The fourth-order valence-electron chi connectivity index (χ4n) is 4.03. The highest BCUT2D eigenvalue weighted by atomic mass is 19.1. The predicted molar refractivity (Wildman–Crippen MR) is 117 cm³/mol. The lowest BCUT2D eigenvalue weighted by Gasteiger charge is -2.23. The van der Waals surface area contributed by atoms with E-state index >= 15 is 0 Å². The highest BCUT2D eigenvalue weighted by molar-refractivity contribution is 5.97. The van der Waals surface area contributed by atoms with Gasteiger partial charge in [-0.25, -0.2) is 4.39 Å². The summed E-state index contributed by atoms with van der Waals surface area (Å²) in [5, 5.41) is 1.18. The highest BCUT2D eigenvalue weighted by Crippen LogP contribution is 2.34. The summed E-state index contributed by atoms with van der Waals surface area (Å²) in [6.07, 6.45) is 3.11. The number of hydrogen-bond acceptors (Lipinski definition) is 2. The van der Waals surface area contributed by atoms with E-state index in [1.807, 2.05) is 18.2 Å². The minimum atomic E-state index is -0.226. The van der Waals surface area contributed by atoms with E-state index in [1.54, 1.807) is 18.9 Å². The van der Waals surface area contributed by atoms with Crippen LogP contribution in [0.1, 0.15) is 30.7 Å². The van der Waals surface area contributed by atoms with Crippen LogP contribution < -0.4 is 4.90 Å². The van der Waals surface area contributed by atoms with Crippen LogP contribution in [0.2, 0.25) is 0 Å². The number of fused-ring (bicyclic) bond motifs is 3. The van der Waals surface area contributed by atoms with Crippen molar-refractivity contribution in [1.29, 1.82) is 0 Å². The molecule has 0 radical (unpaired) electrons. The second-order valence-electron chi connectivity index (χ2n) is 7.88. The Kier molecular flexibility index (Phi) is 5.01. The van der Waals surface area contributed by atoms with Gasteiger partial charge in [-0.05, 0) is 61.0 Å². The zero-order valence-electron chi connectivity index (χ0n) is 17.4. The van der Waals surface area contributed by atoms with Crippen molar-refractivity contribution in [1.82, 2.24) is 9.47 Å². The number of likely N-dealkylation sites (N-methyl/N-ethyl adjacent to an activating group) is 1. The van der Waals surface area contributed by atoms with Gasteiger partial charge in [0, 0.05) is 56.4 Å². The van der Waals surface area contributed by atoms with E-state index < -0.39 is 0 Å². The third kappa shape index (κ3) is 3.58. The minimum Gasteiger partial charge on any atom is -0.320 e. The lowest BCUT2D eigenvalue weighted by atomic mass is 10.0. The van der Waals surface area contributed by atoms with Gasteiger partial charge < -0.3 is 14.4 Å². The zero-order valence-corrected chi connectivity index (χ0v) is 17.4. The Labute approximate surface area is 170 Å². The van der Waals surface area contributed by atoms with Crippen LogP contribution in [0, 0.1) is 5.82 Å². The van der Waals surface area contributed by atoms with Crippen LogP contribution in [-0.2, 0) is 17.8 Å². The molecule has 0 saturated carbocycles. The fourth-order valence-corrected chi connectivity index (χ4v) is 4.03. The number of halogens is 1. The summed E-state index contributed by atoms with van der Waals surface area (Å²) in [7, 11) is 3.94. The van der Waals surface area contributed by atoms with Gasteiger partial charge in [0.25, 0.3) is 0 Å². The van der Waals surface area contributed by atoms with E-state index in [2.05, 4.69) is 41.8 Å². The first kappa shape index (κ1) is 19.4. The van der Waals surface area contributed by atoms with Crippen LogP contribution in [-0.4, -0.2) is 36.0 Å². The summed E-state index contributed by atoms with van der Waals surface area (Å²) in [5.41, 5.74) is 6.74. The number of rotatable bonds is 3. The second kappa shape index (κ2) is 7.48. The van der Waals surface area contributed by atoms with Crippen molar-refractivity contribution in [2.75, 3.05) is 25.5 Å². The number of hydrogen-bond donors (Lipinski definition) is 0. The average Bonchev–Trinajstić information content (AvgIpc) is 3.00. The van der Waals surface area contributed by atoms with E-state index in [4.69, 9.17) is 0 Å². The van der Waals surface area contributed by atoms with Crippen LogP contribution >= 0.6 is 0 Å². The van der Waals surface area contributed by atoms with E-state index in [0.29, 0.717) is 0 Å². The summed E-state index contributed by atoms with van der Waals surface area (Å²) >= 11 is 0. The molecule has 1 aliphatic rings. The molecule has 1 aromatic heterocycles. The average molecular weight is 391 g/mol. The van der Waals surface area contributed by atoms with Crippen molar-refractivity contribution < 1.29 is 9.18 Å². The van der Waals surface area contributed by atoms with Gasteiger partial charge >= 0.3 is 0 Å². The van der Waals surface area contributed by atoms with Crippen LogP contribution in [0.25, 0.3) is 22.7 Å². The van der Waals surface area contributed by atoms with Crippen molar-refractivity contribution in [2.45, 2.75) is 26.8 Å². The molecule has 29 heavy (non-hydrogen) atoms. The summed E-state index contributed by atoms with van der Waals surface area (Å²) in [6.45, 7) is 5.52. The van der Waals surface area contributed by atoms with E-state index in [9.17, 15) is 9.18 Å². The maximum atomic E-state index is 13.3. The number of carbonyl (C=O) groups is 1. The SMILES string of the molecule is CC(=O)N(C)c1ccc2c(c1)c1c(n2C=C(C)c2ccc(F)cc2)CCN(C)C1. The zero-order chi connectivity index (χ0) is 20.7. The molecule has 3 aromatic rings. The highest BCUT2D eigenvalue weighted by Gasteiger charge is 2.22. The summed E-state index contributed by atoms with van der Waals surface area (Å²) in [6, 6.07) is 12.8. The number of carbonyl (C=O) groups excluding carboxylic acids is 1. The Bertz CT molecular complexity index is 1110. The molecule has 0 saturated heterocycles. The first-order valence-electron chi connectivity index (χ1n) is 9.88. The lowest BCUT2D eigenvalue weighted by Crippen LogP contribution is -2.27. The third-order valence-electron chi connectivity index (χ3n) is 5.84. The number of amides is 1. The van der Waals surface area contributed by atoms with Crippen molar-refractivity contribution in [3.8, 4) is 0 Å². The third-order valence-corrected chi connectivity index (χ3v) is 5.84. The monoisotopic (exact) mass is 391 g/mol. The maximum absolute atomic E-state index is 13.3. The summed E-state index contributed by atoms with van der Waals surface area (Å²) in [4.78, 5) is 15.8. The van der Waals surface area contributed by atoms with Crippen LogP contribution in [0.15, 0.2) is 42.5 Å². The molecule has 2 aromatic carbocycles. The van der Waals surface area contributed by atoms with Crippen molar-refractivity contribution in [3.05, 3.63) is 65.1 Å². The molecule has 0 fully saturated rings. The quantitative estimate of drug-likeness (QED) is 0.643. The molecule has 5 heteroatoms. The van der Waals surface area contributed by atoms with Gasteiger partial charge in [0.05, 0.1) is 5.52 Å². The fraction of sp³-hybridized carbons (Fsp3) is 0.292. The lowest BCUT2D eigenvalue weighted by molar-refractivity contribution is -0.116. The Morgan fingerprint density at radius 1 is 1.14 bits per heavy atom. The Hall–Kier alpha value is -2.92. The Morgan fingerprint density at radius 3 is 2.55 bits per heavy atom. The molecule has 4 rings (SSSR count). The second-order valence-corrected chi connectivity index (χ2v) is 7.88. The molecule has 2 heterocycles. The number of aromatic nitrogens is 1. The van der Waals surface area contributed by atoms with Crippen molar-refractivity contribution in [3.63, 3.8) is 0 Å². The molecule has 0 spiro atoms. The minimum absolute atomic E-state index is 0.0156. The summed E-state index contributed by atoms with van der Waals surface area (Å²) in [5.74, 6) is -0.211. The molecule has 150 valence electrons. The van der Waals surface area contributed by atoms with Crippen molar-refractivity contribution in [2.24, 2.45) is 0 Å². The molecule has 4 nitrogen and oxygen atoms in total. The maximum Gasteiger partial charge on any atom is 0.223 e. The molecule has 0 unspecified atom stereocenters. The molecule has 1 aliphatic heterocycles. The first-order chi connectivity index (χ1) is 13.8. The first-order valence-corrected chi connectivity index (χ1v) is 9.88. The van der Waals surface area contributed by atoms with E-state index in [0.717, 1.165) is 41.9 Å². The molecule has 0 bridgehead atoms. The van der Waals surface area contributed by atoms with Gasteiger partial charge in [-0.15, -0.1) is 0 Å². The Balaban J connectivity index is 1.88. The standard InChI is InChI=1S/C24H26FN3O/c1-16(18-5-7-19(25)8-6-18)14-28-23-10-9-20(27(4)17(2)29)13-21(23)22-15-26(3)12-11-24(22)28/h5-10,13-14H,11-12,15H2,1-4H3. The molecular weight excluding hydrogens is 365 g/mol. The molecule has 0 aliphatic carbocycles. The number of nitrogens with zero attached hydrogens (tertiary/aromatic N) is 3. The van der Waals surface area contributed by atoms with Gasteiger partial charge in [-0.3, -0.25) is 4.79 Å². The largest absolute Gasteiger partial charge is 0.320 e. The van der Waals surface area contributed by atoms with E-state index in [-0.39, 0.29) is 11.7 Å². The topological polar surface area (TPSA) is 28.5 Å². The number of allylic oxidation sites excluding steroid dienone is 1. The molecular formula is C24H26FN3O. The molecule has 0 N–H and O–H groups in total. The number of benzene rings is 2. The van der Waals surface area contributed by atoms with Crippen molar-refractivity contribution >= 4 is 34.3 Å². The summed E-state index contributed by atoms with van der Waals surface area (Å²) < 4.78 is 15.6. The molecule has 1 amide bonds. The van der Waals surface area contributed by atoms with Gasteiger partial charge in [0.15, 0.2) is 0 Å². The predicted octanol–water partition coefficient (Wildman–Crippen LogP) is 4.77. The van der Waals surface area contributed by atoms with Crippen LogP contribution in [0.5, 0.6) is 0 Å². The molecule has 0 atom stereocenters. The van der Waals surface area contributed by atoms with Crippen LogP contribution in [0.4, 0.5) is 10.1 Å². The normalized spacial score (nSPS) is 14.9. The Morgan fingerprint density at radius 2 is 1.86 bits per heavy atom. The number of anilines is 1. The van der Waals surface area contributed by atoms with Crippen LogP contribution in [0.3, 0.4) is 0 Å². The van der Waals surface area contributed by atoms with Gasteiger partial charge in [-0.1, -0.05) is 12.1 Å². The smallest absolute Gasteiger partial charge is 0.223 e. The van der Waals surface area contributed by atoms with Gasteiger partial charge in [-0.2, -0.15) is 0 Å². The van der Waals surface area contributed by atoms with Gasteiger partial charge in [0.2, 0.25) is 5.91 Å². The van der Waals surface area contributed by atoms with Gasteiger partial charge in [0.1, 0.15) is 5.82 Å².